The minimum Gasteiger partial charge on any atom is -0.328 e. The van der Waals surface area contributed by atoms with Gasteiger partial charge in [-0.15, -0.1) is 11.3 Å². The van der Waals surface area contributed by atoms with E-state index in [1.165, 1.54) is 11.3 Å². The zero-order valence-electron chi connectivity index (χ0n) is 14.8. The molecule has 0 saturated carbocycles. The number of hydrogen-bond acceptors (Lipinski definition) is 5. The van der Waals surface area contributed by atoms with E-state index in [4.69, 9.17) is 9.97 Å². The van der Waals surface area contributed by atoms with Crippen LogP contribution in [0.25, 0.3) is 21.7 Å². The lowest BCUT2D eigenvalue weighted by Gasteiger charge is -2.16. The van der Waals surface area contributed by atoms with Gasteiger partial charge in [0.25, 0.3) is 0 Å². The molecule has 3 aromatic rings. The fourth-order valence-corrected chi connectivity index (χ4v) is 4.07. The highest BCUT2D eigenvalue weighted by Gasteiger charge is 2.19. The zero-order chi connectivity index (χ0) is 17.4. The van der Waals surface area contributed by atoms with E-state index in [2.05, 4.69) is 36.5 Å². The van der Waals surface area contributed by atoms with Gasteiger partial charge in [-0.2, -0.15) is 0 Å². The molecular weight excluding hydrogens is 320 g/mol. The number of carbonyl (C=O) groups is 1. The standard InChI is InChI=1S/C18H22N4OS/c1-6-13(7-2)22-8-10(3)15-18(22)20-11(4)16(21-15)17-12(5)19-14(9-23)24-17/h8-9,13H,6-7H2,1-5H3. The summed E-state index contributed by atoms with van der Waals surface area (Å²) in [5, 5.41) is 0.482. The number of hydrogen-bond donors (Lipinski definition) is 0. The maximum atomic E-state index is 11.0. The summed E-state index contributed by atoms with van der Waals surface area (Å²) >= 11 is 1.37. The van der Waals surface area contributed by atoms with Crippen molar-refractivity contribution >= 4 is 28.8 Å². The molecule has 3 aromatic heterocycles. The first-order valence-electron chi connectivity index (χ1n) is 8.28. The van der Waals surface area contributed by atoms with Gasteiger partial charge < -0.3 is 4.57 Å². The van der Waals surface area contributed by atoms with Gasteiger partial charge in [-0.25, -0.2) is 15.0 Å². The molecule has 3 heterocycles. The summed E-state index contributed by atoms with van der Waals surface area (Å²) in [4.78, 5) is 26.0. The van der Waals surface area contributed by atoms with E-state index < -0.39 is 0 Å². The molecule has 0 N–H and O–H groups in total. The van der Waals surface area contributed by atoms with Crippen LogP contribution >= 0.6 is 11.3 Å². The maximum absolute atomic E-state index is 11.0. The lowest BCUT2D eigenvalue weighted by molar-refractivity contribution is 0.112. The summed E-state index contributed by atoms with van der Waals surface area (Å²) in [6, 6.07) is 0.438. The molecular formula is C18H22N4OS. The third kappa shape index (κ3) is 2.65. The molecule has 0 aliphatic heterocycles. The second-order valence-corrected chi connectivity index (χ2v) is 7.13. The van der Waals surface area contributed by atoms with Crippen LogP contribution < -0.4 is 0 Å². The van der Waals surface area contributed by atoms with Crippen LogP contribution in [-0.4, -0.2) is 25.8 Å². The molecule has 0 fully saturated rings. The van der Waals surface area contributed by atoms with Crippen molar-refractivity contribution in [1.82, 2.24) is 19.5 Å². The second kappa shape index (κ2) is 6.43. The summed E-state index contributed by atoms with van der Waals surface area (Å²) in [6.07, 6.45) is 5.08. The Bertz CT molecular complexity index is 906. The van der Waals surface area contributed by atoms with Crippen LogP contribution in [0, 0.1) is 20.8 Å². The normalized spacial score (nSPS) is 11.6. The Morgan fingerprint density at radius 2 is 1.83 bits per heavy atom. The molecule has 6 heteroatoms. The van der Waals surface area contributed by atoms with Crippen molar-refractivity contribution in [3.63, 3.8) is 0 Å². The number of carbonyl (C=O) groups excluding carboxylic acids is 1. The van der Waals surface area contributed by atoms with Crippen molar-refractivity contribution in [2.24, 2.45) is 0 Å². The SMILES string of the molecule is CCC(CC)n1cc(C)c2nc(-c3sc(C=O)nc3C)c(C)nc21. The molecule has 0 spiro atoms. The monoisotopic (exact) mass is 342 g/mol. The summed E-state index contributed by atoms with van der Waals surface area (Å²) in [5.74, 6) is 0. The van der Waals surface area contributed by atoms with Gasteiger partial charge in [0.05, 0.1) is 16.3 Å². The molecule has 5 nitrogen and oxygen atoms in total. The number of aromatic nitrogens is 4. The van der Waals surface area contributed by atoms with Crippen molar-refractivity contribution < 1.29 is 4.79 Å². The van der Waals surface area contributed by atoms with Crippen molar-refractivity contribution in [1.29, 1.82) is 0 Å². The van der Waals surface area contributed by atoms with Gasteiger partial charge in [-0.05, 0) is 39.2 Å². The number of aldehydes is 1. The quantitative estimate of drug-likeness (QED) is 0.633. The van der Waals surface area contributed by atoms with Crippen LogP contribution in [0.1, 0.15) is 59.5 Å². The number of aryl methyl sites for hydroxylation is 3. The highest BCUT2D eigenvalue weighted by Crippen LogP contribution is 2.33. The van der Waals surface area contributed by atoms with Gasteiger partial charge in [0.15, 0.2) is 16.9 Å². The molecule has 0 saturated heterocycles. The largest absolute Gasteiger partial charge is 0.328 e. The summed E-state index contributed by atoms with van der Waals surface area (Å²) in [6.45, 7) is 10.4. The molecule has 0 aromatic carbocycles. The number of fused-ring (bicyclic) bond motifs is 1. The van der Waals surface area contributed by atoms with Gasteiger partial charge in [0.1, 0.15) is 11.2 Å². The minimum atomic E-state index is 0.438. The Morgan fingerprint density at radius 1 is 1.12 bits per heavy atom. The van der Waals surface area contributed by atoms with Gasteiger partial charge in [0.2, 0.25) is 0 Å². The molecule has 24 heavy (non-hydrogen) atoms. The summed E-state index contributed by atoms with van der Waals surface area (Å²) in [5.41, 5.74) is 5.54. The molecule has 0 amide bonds. The van der Waals surface area contributed by atoms with E-state index in [-0.39, 0.29) is 0 Å². The molecule has 0 aliphatic rings. The molecule has 0 bridgehead atoms. The average Bonchev–Trinajstić information content (AvgIpc) is 3.09. The fraction of sp³-hybridized carbons (Fsp3) is 0.444. The Morgan fingerprint density at radius 3 is 2.42 bits per heavy atom. The number of nitrogens with zero attached hydrogens (tertiary/aromatic N) is 4. The molecule has 0 unspecified atom stereocenters. The molecule has 126 valence electrons. The Labute approximate surface area is 145 Å². The van der Waals surface area contributed by atoms with E-state index in [1.807, 2.05) is 13.8 Å². The van der Waals surface area contributed by atoms with Crippen LogP contribution in [0.15, 0.2) is 6.20 Å². The Balaban J connectivity index is 2.22. The lowest BCUT2D eigenvalue weighted by atomic mass is 10.2. The second-order valence-electron chi connectivity index (χ2n) is 6.10. The number of rotatable bonds is 5. The Hall–Kier alpha value is -2.08. The first-order valence-corrected chi connectivity index (χ1v) is 9.10. The van der Waals surface area contributed by atoms with E-state index in [1.54, 1.807) is 0 Å². The van der Waals surface area contributed by atoms with Gasteiger partial charge in [-0.3, -0.25) is 4.79 Å². The third-order valence-electron chi connectivity index (χ3n) is 4.47. The summed E-state index contributed by atoms with van der Waals surface area (Å²) in [7, 11) is 0. The Kier molecular flexibility index (Phi) is 4.49. The highest BCUT2D eigenvalue weighted by atomic mass is 32.1. The first kappa shape index (κ1) is 16.8. The van der Waals surface area contributed by atoms with Crippen LogP contribution in [0.5, 0.6) is 0 Å². The van der Waals surface area contributed by atoms with Crippen molar-refractivity contribution in [3.8, 4) is 10.6 Å². The van der Waals surface area contributed by atoms with Crippen molar-refractivity contribution in [2.45, 2.75) is 53.5 Å². The molecule has 0 aliphatic carbocycles. The minimum absolute atomic E-state index is 0.438. The lowest BCUT2D eigenvalue weighted by Crippen LogP contribution is -2.07. The van der Waals surface area contributed by atoms with Crippen LogP contribution in [0.4, 0.5) is 0 Å². The predicted molar refractivity (Wildman–Crippen MR) is 97.9 cm³/mol. The molecule has 3 rings (SSSR count). The van der Waals surface area contributed by atoms with Gasteiger partial charge in [0, 0.05) is 12.2 Å². The predicted octanol–water partition coefficient (Wildman–Crippen LogP) is 4.65. The average molecular weight is 342 g/mol. The molecule has 0 atom stereocenters. The fourth-order valence-electron chi connectivity index (χ4n) is 3.15. The summed E-state index contributed by atoms with van der Waals surface area (Å²) < 4.78 is 2.25. The zero-order valence-corrected chi connectivity index (χ0v) is 15.6. The van der Waals surface area contributed by atoms with Crippen molar-refractivity contribution in [2.75, 3.05) is 0 Å². The van der Waals surface area contributed by atoms with E-state index in [0.717, 1.165) is 57.8 Å². The van der Waals surface area contributed by atoms with Crippen molar-refractivity contribution in [3.05, 3.63) is 28.2 Å². The first-order chi connectivity index (χ1) is 11.5. The van der Waals surface area contributed by atoms with Gasteiger partial charge >= 0.3 is 0 Å². The van der Waals surface area contributed by atoms with E-state index in [9.17, 15) is 4.79 Å². The van der Waals surface area contributed by atoms with Crippen LogP contribution in [-0.2, 0) is 0 Å². The third-order valence-corrected chi connectivity index (χ3v) is 5.56. The van der Waals surface area contributed by atoms with Gasteiger partial charge in [-0.1, -0.05) is 13.8 Å². The smallest absolute Gasteiger partial charge is 0.178 e. The maximum Gasteiger partial charge on any atom is 0.178 e. The van der Waals surface area contributed by atoms with Crippen LogP contribution in [0.2, 0.25) is 0 Å². The van der Waals surface area contributed by atoms with Crippen LogP contribution in [0.3, 0.4) is 0 Å². The highest BCUT2D eigenvalue weighted by molar-refractivity contribution is 7.16. The van der Waals surface area contributed by atoms with E-state index in [0.29, 0.717) is 11.0 Å². The molecule has 0 radical (unpaired) electrons. The topological polar surface area (TPSA) is 60.7 Å². The van der Waals surface area contributed by atoms with E-state index >= 15 is 0 Å². The number of thiazole rings is 1.